The zero-order valence-electron chi connectivity index (χ0n) is 9.98. The lowest BCUT2D eigenvalue weighted by Gasteiger charge is -2.39. The van der Waals surface area contributed by atoms with Gasteiger partial charge in [0.05, 0.1) is 0 Å². The molecule has 0 aliphatic heterocycles. The number of hydrogen-bond donors (Lipinski definition) is 0. The van der Waals surface area contributed by atoms with Crippen molar-refractivity contribution in [2.45, 2.75) is 57.8 Å². The van der Waals surface area contributed by atoms with Crippen molar-refractivity contribution in [2.24, 2.45) is 5.41 Å². The van der Waals surface area contributed by atoms with Crippen LogP contribution in [-0.2, 0) is 4.79 Å². The molecule has 1 heteroatoms. The van der Waals surface area contributed by atoms with Crippen LogP contribution in [0, 0.1) is 5.41 Å². The first-order valence-corrected chi connectivity index (χ1v) is 6.64. The normalized spacial score (nSPS) is 34.8. The van der Waals surface area contributed by atoms with Crippen LogP contribution in [0.15, 0.2) is 23.3 Å². The summed E-state index contributed by atoms with van der Waals surface area (Å²) in [5.41, 5.74) is 4.56. The van der Waals surface area contributed by atoms with Gasteiger partial charge in [-0.15, -0.1) is 0 Å². The van der Waals surface area contributed by atoms with Crippen LogP contribution in [0.3, 0.4) is 0 Å². The second-order valence-corrected chi connectivity index (χ2v) is 5.79. The summed E-state index contributed by atoms with van der Waals surface area (Å²) in [6, 6.07) is 0. The van der Waals surface area contributed by atoms with E-state index in [-0.39, 0.29) is 0 Å². The number of rotatable bonds is 0. The van der Waals surface area contributed by atoms with E-state index in [9.17, 15) is 4.79 Å². The molecule has 0 amide bonds. The maximum Gasteiger partial charge on any atom is 0.158 e. The smallest absolute Gasteiger partial charge is 0.158 e. The first kappa shape index (κ1) is 10.3. The van der Waals surface area contributed by atoms with Gasteiger partial charge in [0.25, 0.3) is 0 Å². The third-order valence-electron chi connectivity index (χ3n) is 4.80. The Hall–Kier alpha value is -0.850. The van der Waals surface area contributed by atoms with Gasteiger partial charge >= 0.3 is 0 Å². The first-order chi connectivity index (χ1) is 7.71. The lowest BCUT2D eigenvalue weighted by atomic mass is 9.64. The van der Waals surface area contributed by atoms with E-state index in [0.29, 0.717) is 11.2 Å². The molecule has 0 aromatic carbocycles. The minimum absolute atomic E-state index is 0.376. The molecule has 0 heterocycles. The van der Waals surface area contributed by atoms with Gasteiger partial charge in [-0.3, -0.25) is 4.79 Å². The van der Waals surface area contributed by atoms with Crippen molar-refractivity contribution in [1.82, 2.24) is 0 Å². The number of carbonyl (C=O) groups excluding carboxylic acids is 1. The highest BCUT2D eigenvalue weighted by Gasteiger charge is 2.43. The second kappa shape index (κ2) is 3.58. The van der Waals surface area contributed by atoms with Crippen LogP contribution in [-0.4, -0.2) is 5.78 Å². The summed E-state index contributed by atoms with van der Waals surface area (Å²) < 4.78 is 0. The van der Waals surface area contributed by atoms with Crippen LogP contribution in [0.2, 0.25) is 0 Å². The van der Waals surface area contributed by atoms with Gasteiger partial charge in [0.1, 0.15) is 0 Å². The van der Waals surface area contributed by atoms with Crippen molar-refractivity contribution in [1.29, 1.82) is 0 Å². The number of Topliss-reactive ketones (excluding diaryl/α,β-unsaturated/α-hetero) is 1. The average Bonchev–Trinajstić information content (AvgIpc) is 2.63. The second-order valence-electron chi connectivity index (χ2n) is 5.79. The van der Waals surface area contributed by atoms with Gasteiger partial charge in [-0.2, -0.15) is 0 Å². The van der Waals surface area contributed by atoms with Crippen molar-refractivity contribution in [3.63, 3.8) is 0 Å². The molecule has 3 rings (SSSR count). The molecule has 86 valence electrons. The van der Waals surface area contributed by atoms with E-state index in [2.05, 4.69) is 6.58 Å². The van der Waals surface area contributed by atoms with Gasteiger partial charge in [-0.1, -0.05) is 17.7 Å². The maximum absolute atomic E-state index is 12.0. The fraction of sp³-hybridized carbons (Fsp3) is 0.667. The van der Waals surface area contributed by atoms with Gasteiger partial charge in [-0.25, -0.2) is 0 Å². The molecule has 0 bridgehead atoms. The van der Waals surface area contributed by atoms with Crippen LogP contribution in [0.1, 0.15) is 57.8 Å². The minimum Gasteiger partial charge on any atom is -0.295 e. The summed E-state index contributed by atoms with van der Waals surface area (Å²) in [7, 11) is 0. The van der Waals surface area contributed by atoms with Crippen molar-refractivity contribution in [3.8, 4) is 0 Å². The highest BCUT2D eigenvalue weighted by atomic mass is 16.1. The van der Waals surface area contributed by atoms with Gasteiger partial charge in [0.2, 0.25) is 0 Å². The highest BCUT2D eigenvalue weighted by molar-refractivity contribution is 5.97. The van der Waals surface area contributed by atoms with Crippen molar-refractivity contribution >= 4 is 5.78 Å². The summed E-state index contributed by atoms with van der Waals surface area (Å²) in [6.07, 6.45) is 10.3. The number of fused-ring (bicyclic) bond motifs is 1. The molecule has 1 unspecified atom stereocenters. The Morgan fingerprint density at radius 1 is 1.00 bits per heavy atom. The van der Waals surface area contributed by atoms with E-state index in [4.69, 9.17) is 0 Å². The zero-order chi connectivity index (χ0) is 11.2. The lowest BCUT2D eigenvalue weighted by molar-refractivity contribution is -0.116. The van der Waals surface area contributed by atoms with E-state index in [1.54, 1.807) is 5.57 Å². The summed E-state index contributed by atoms with van der Waals surface area (Å²) in [4.78, 5) is 12.0. The molecule has 3 aliphatic carbocycles. The molecule has 1 nitrogen and oxygen atoms in total. The van der Waals surface area contributed by atoms with Crippen molar-refractivity contribution < 1.29 is 4.79 Å². The van der Waals surface area contributed by atoms with Crippen LogP contribution in [0.25, 0.3) is 0 Å². The fourth-order valence-corrected chi connectivity index (χ4v) is 4.07. The molecule has 0 N–H and O–H groups in total. The van der Waals surface area contributed by atoms with Crippen molar-refractivity contribution in [3.05, 3.63) is 23.3 Å². The standard InChI is InChI=1S/C15H20O/c1-11-7-9-15(10-11)8-3-4-12-13(15)5-2-6-14(12)16/h1-10H2. The summed E-state index contributed by atoms with van der Waals surface area (Å²) >= 11 is 0. The summed E-state index contributed by atoms with van der Waals surface area (Å²) in [5.74, 6) is 0.456. The van der Waals surface area contributed by atoms with E-state index in [1.807, 2.05) is 0 Å². The highest BCUT2D eigenvalue weighted by Crippen LogP contribution is 2.55. The number of ketones is 1. The van der Waals surface area contributed by atoms with E-state index >= 15 is 0 Å². The molecule has 1 saturated carbocycles. The molecular formula is C15H20O. The third kappa shape index (κ3) is 1.41. The Morgan fingerprint density at radius 3 is 2.62 bits per heavy atom. The Balaban J connectivity index is 2.04. The SMILES string of the molecule is C=C1CCC2(CCCC3=C2CCCC3=O)C1. The number of allylic oxidation sites excluding steroid dienone is 3. The van der Waals surface area contributed by atoms with Gasteiger partial charge in [0.15, 0.2) is 5.78 Å². The number of hydrogen-bond acceptors (Lipinski definition) is 1. The van der Waals surface area contributed by atoms with Gasteiger partial charge in [-0.05, 0) is 62.4 Å². The zero-order valence-corrected chi connectivity index (χ0v) is 9.98. The molecule has 1 fully saturated rings. The van der Waals surface area contributed by atoms with Crippen LogP contribution < -0.4 is 0 Å². The number of carbonyl (C=O) groups is 1. The first-order valence-electron chi connectivity index (χ1n) is 6.64. The maximum atomic E-state index is 12.0. The van der Waals surface area contributed by atoms with E-state index in [1.165, 1.54) is 49.7 Å². The monoisotopic (exact) mass is 216 g/mol. The Morgan fingerprint density at radius 2 is 1.88 bits per heavy atom. The Bertz CT molecular complexity index is 388. The Kier molecular flexibility index (Phi) is 2.31. The minimum atomic E-state index is 0.376. The van der Waals surface area contributed by atoms with E-state index in [0.717, 1.165) is 19.3 Å². The lowest BCUT2D eigenvalue weighted by Crippen LogP contribution is -2.29. The topological polar surface area (TPSA) is 17.1 Å². The van der Waals surface area contributed by atoms with E-state index < -0.39 is 0 Å². The molecule has 1 spiro atoms. The molecule has 3 aliphatic rings. The third-order valence-corrected chi connectivity index (χ3v) is 4.80. The van der Waals surface area contributed by atoms with Crippen molar-refractivity contribution in [2.75, 3.05) is 0 Å². The molecule has 16 heavy (non-hydrogen) atoms. The molecule has 0 aromatic heterocycles. The molecule has 0 radical (unpaired) electrons. The molecule has 0 saturated heterocycles. The Labute approximate surface area is 97.6 Å². The molecule has 0 aromatic rings. The average molecular weight is 216 g/mol. The van der Waals surface area contributed by atoms with Crippen LogP contribution >= 0.6 is 0 Å². The summed E-state index contributed by atoms with van der Waals surface area (Å²) in [6.45, 7) is 4.15. The van der Waals surface area contributed by atoms with Crippen LogP contribution in [0.4, 0.5) is 0 Å². The largest absolute Gasteiger partial charge is 0.295 e. The molecule has 1 atom stereocenters. The van der Waals surface area contributed by atoms with Gasteiger partial charge in [0, 0.05) is 6.42 Å². The quantitative estimate of drug-likeness (QED) is 0.560. The fourth-order valence-electron chi connectivity index (χ4n) is 4.07. The molecular weight excluding hydrogens is 196 g/mol. The summed E-state index contributed by atoms with van der Waals surface area (Å²) in [5, 5.41) is 0. The van der Waals surface area contributed by atoms with Gasteiger partial charge < -0.3 is 0 Å². The predicted octanol–water partition coefficient (Wildman–Crippen LogP) is 3.95. The predicted molar refractivity (Wildman–Crippen MR) is 65.2 cm³/mol. The van der Waals surface area contributed by atoms with Crippen LogP contribution in [0.5, 0.6) is 0 Å².